The molecule has 2 aromatic heterocycles. The molecule has 144 valence electrons. The summed E-state index contributed by atoms with van der Waals surface area (Å²) in [6.07, 6.45) is 0. The Balaban J connectivity index is 2.23. The first-order chi connectivity index (χ1) is 13.4. The van der Waals surface area contributed by atoms with E-state index in [9.17, 15) is 19.5 Å². The largest absolute Gasteiger partial charge is 0.505 e. The van der Waals surface area contributed by atoms with Gasteiger partial charge in [0.1, 0.15) is 17.6 Å². The number of carboxylic acid groups (broad SMARTS) is 1. The van der Waals surface area contributed by atoms with Crippen molar-refractivity contribution in [3.63, 3.8) is 0 Å². The van der Waals surface area contributed by atoms with Gasteiger partial charge >= 0.3 is 5.97 Å². The van der Waals surface area contributed by atoms with Gasteiger partial charge in [0.15, 0.2) is 5.75 Å². The standard InChI is InChI=1S/C19H17N3O6/c1-28-13-8-7-12-16(21-13)17(25)15(18(26)20-9-14(23)24)19(27)22(12)10-11-5-3-2-4-6-11/h2-8,25H,9-10H2,1H3,(H,20,26)(H,23,24). The van der Waals surface area contributed by atoms with Crippen LogP contribution in [0.5, 0.6) is 11.6 Å². The second-order valence-corrected chi connectivity index (χ2v) is 5.90. The van der Waals surface area contributed by atoms with Crippen molar-refractivity contribution >= 4 is 22.9 Å². The number of ether oxygens (including phenoxy) is 1. The first-order valence-corrected chi connectivity index (χ1v) is 8.26. The summed E-state index contributed by atoms with van der Waals surface area (Å²) < 4.78 is 6.36. The topological polar surface area (TPSA) is 131 Å². The fourth-order valence-electron chi connectivity index (χ4n) is 2.78. The molecule has 0 aliphatic heterocycles. The van der Waals surface area contributed by atoms with Gasteiger partial charge in [0, 0.05) is 6.07 Å². The number of methoxy groups -OCH3 is 1. The molecular formula is C19H17N3O6. The highest BCUT2D eigenvalue weighted by Crippen LogP contribution is 2.27. The maximum atomic E-state index is 13.0. The van der Waals surface area contributed by atoms with E-state index in [1.165, 1.54) is 17.7 Å². The minimum absolute atomic E-state index is 0.00430. The Labute approximate surface area is 158 Å². The minimum Gasteiger partial charge on any atom is -0.505 e. The molecule has 0 unspecified atom stereocenters. The zero-order valence-corrected chi connectivity index (χ0v) is 14.9. The number of fused-ring (bicyclic) bond motifs is 1. The lowest BCUT2D eigenvalue weighted by atomic mass is 10.1. The number of nitrogens with zero attached hydrogens (tertiary/aromatic N) is 2. The number of aromatic nitrogens is 2. The van der Waals surface area contributed by atoms with E-state index in [0.29, 0.717) is 5.52 Å². The normalized spacial score (nSPS) is 10.6. The lowest BCUT2D eigenvalue weighted by Crippen LogP contribution is -2.36. The van der Waals surface area contributed by atoms with Gasteiger partial charge in [-0.25, -0.2) is 4.98 Å². The van der Waals surface area contributed by atoms with Crippen molar-refractivity contribution in [2.45, 2.75) is 6.54 Å². The Morgan fingerprint density at radius 1 is 1.18 bits per heavy atom. The van der Waals surface area contributed by atoms with E-state index < -0.39 is 35.3 Å². The van der Waals surface area contributed by atoms with Crippen molar-refractivity contribution in [3.8, 4) is 11.6 Å². The van der Waals surface area contributed by atoms with Crippen molar-refractivity contribution < 1.29 is 24.5 Å². The second-order valence-electron chi connectivity index (χ2n) is 5.90. The number of hydrogen-bond acceptors (Lipinski definition) is 6. The van der Waals surface area contributed by atoms with Gasteiger partial charge < -0.3 is 24.8 Å². The molecule has 0 spiro atoms. The van der Waals surface area contributed by atoms with E-state index >= 15 is 0 Å². The van der Waals surface area contributed by atoms with E-state index in [0.717, 1.165) is 5.56 Å². The first-order valence-electron chi connectivity index (χ1n) is 8.26. The molecule has 0 saturated carbocycles. The Hall–Kier alpha value is -3.88. The minimum atomic E-state index is -1.28. The summed E-state index contributed by atoms with van der Waals surface area (Å²) in [6.45, 7) is -0.566. The summed E-state index contributed by atoms with van der Waals surface area (Å²) in [5.74, 6) is -2.73. The van der Waals surface area contributed by atoms with Crippen LogP contribution in [0.4, 0.5) is 0 Å². The van der Waals surface area contributed by atoms with Crippen LogP contribution in [-0.4, -0.2) is 45.3 Å². The number of pyridine rings is 2. The third-order valence-electron chi connectivity index (χ3n) is 4.08. The predicted molar refractivity (Wildman–Crippen MR) is 99.7 cm³/mol. The molecule has 2 heterocycles. The van der Waals surface area contributed by atoms with Crippen LogP contribution in [0.3, 0.4) is 0 Å². The van der Waals surface area contributed by atoms with Gasteiger partial charge in [0.05, 0.1) is 19.2 Å². The van der Waals surface area contributed by atoms with E-state index in [1.54, 1.807) is 6.07 Å². The van der Waals surface area contributed by atoms with Crippen molar-refractivity contribution in [3.05, 3.63) is 63.9 Å². The summed E-state index contributed by atoms with van der Waals surface area (Å²) in [5.41, 5.74) is -0.240. The van der Waals surface area contributed by atoms with Crippen LogP contribution in [0.1, 0.15) is 15.9 Å². The summed E-state index contributed by atoms with van der Waals surface area (Å²) in [7, 11) is 1.39. The summed E-state index contributed by atoms with van der Waals surface area (Å²) in [6, 6.07) is 12.2. The van der Waals surface area contributed by atoms with Crippen LogP contribution >= 0.6 is 0 Å². The number of carbonyl (C=O) groups is 2. The molecule has 0 aliphatic carbocycles. The highest BCUT2D eigenvalue weighted by atomic mass is 16.5. The molecule has 0 fully saturated rings. The Morgan fingerprint density at radius 2 is 1.89 bits per heavy atom. The average molecular weight is 383 g/mol. The van der Waals surface area contributed by atoms with Crippen molar-refractivity contribution in [2.75, 3.05) is 13.7 Å². The van der Waals surface area contributed by atoms with E-state index in [4.69, 9.17) is 9.84 Å². The fraction of sp³-hybridized carbons (Fsp3) is 0.158. The van der Waals surface area contributed by atoms with Crippen molar-refractivity contribution in [1.29, 1.82) is 0 Å². The van der Waals surface area contributed by atoms with E-state index in [1.807, 2.05) is 30.3 Å². The summed E-state index contributed by atoms with van der Waals surface area (Å²) >= 11 is 0. The molecule has 0 aliphatic rings. The lowest BCUT2D eigenvalue weighted by molar-refractivity contribution is -0.135. The highest BCUT2D eigenvalue weighted by Gasteiger charge is 2.24. The molecule has 0 atom stereocenters. The number of aliphatic carboxylic acids is 1. The molecule has 1 amide bonds. The van der Waals surface area contributed by atoms with Gasteiger partial charge in [-0.15, -0.1) is 0 Å². The van der Waals surface area contributed by atoms with Gasteiger partial charge in [-0.2, -0.15) is 0 Å². The first kappa shape index (κ1) is 18.9. The molecule has 0 saturated heterocycles. The third kappa shape index (κ3) is 3.63. The number of rotatable bonds is 6. The zero-order chi connectivity index (χ0) is 20.3. The number of nitrogens with one attached hydrogen (secondary N) is 1. The number of benzene rings is 1. The second kappa shape index (κ2) is 7.78. The van der Waals surface area contributed by atoms with Gasteiger partial charge in [-0.1, -0.05) is 30.3 Å². The summed E-state index contributed by atoms with van der Waals surface area (Å²) in [5, 5.41) is 21.4. The lowest BCUT2D eigenvalue weighted by Gasteiger charge is -2.15. The van der Waals surface area contributed by atoms with E-state index in [2.05, 4.69) is 10.3 Å². The van der Waals surface area contributed by atoms with Crippen molar-refractivity contribution in [1.82, 2.24) is 14.9 Å². The zero-order valence-electron chi connectivity index (χ0n) is 14.9. The van der Waals surface area contributed by atoms with Gasteiger partial charge in [-0.05, 0) is 11.6 Å². The number of carbonyl (C=O) groups excluding carboxylic acids is 1. The molecule has 9 nitrogen and oxygen atoms in total. The van der Waals surface area contributed by atoms with Crippen LogP contribution in [0, 0.1) is 0 Å². The van der Waals surface area contributed by atoms with Crippen LogP contribution < -0.4 is 15.6 Å². The third-order valence-corrected chi connectivity index (χ3v) is 4.08. The quantitative estimate of drug-likeness (QED) is 0.578. The molecular weight excluding hydrogens is 366 g/mol. The number of carboxylic acids is 1. The van der Waals surface area contributed by atoms with Crippen molar-refractivity contribution in [2.24, 2.45) is 0 Å². The molecule has 0 radical (unpaired) electrons. The Kier molecular flexibility index (Phi) is 5.25. The Bertz CT molecular complexity index is 1110. The number of aromatic hydroxyl groups is 1. The molecule has 0 bridgehead atoms. The van der Waals surface area contributed by atoms with E-state index in [-0.39, 0.29) is 17.9 Å². The van der Waals surface area contributed by atoms with Gasteiger partial charge in [0.25, 0.3) is 11.5 Å². The molecule has 1 aromatic carbocycles. The molecule has 28 heavy (non-hydrogen) atoms. The SMILES string of the molecule is COc1ccc2c(n1)c(O)c(C(=O)NCC(=O)O)c(=O)n2Cc1ccccc1. The predicted octanol–water partition coefficient (Wildman–Crippen LogP) is 0.973. The Morgan fingerprint density at radius 3 is 2.54 bits per heavy atom. The fourth-order valence-corrected chi connectivity index (χ4v) is 2.78. The van der Waals surface area contributed by atoms with Gasteiger partial charge in [-0.3, -0.25) is 14.4 Å². The average Bonchev–Trinajstić information content (AvgIpc) is 2.70. The number of hydrogen-bond donors (Lipinski definition) is 3. The smallest absolute Gasteiger partial charge is 0.322 e. The molecule has 3 N–H and O–H groups in total. The monoisotopic (exact) mass is 383 g/mol. The maximum Gasteiger partial charge on any atom is 0.322 e. The maximum absolute atomic E-state index is 13.0. The van der Waals surface area contributed by atoms with Crippen LogP contribution in [0.15, 0.2) is 47.3 Å². The van der Waals surface area contributed by atoms with Gasteiger partial charge in [0.2, 0.25) is 5.88 Å². The van der Waals surface area contributed by atoms with Crippen LogP contribution in [0.2, 0.25) is 0 Å². The molecule has 9 heteroatoms. The molecule has 3 aromatic rings. The molecule has 3 rings (SSSR count). The van der Waals surface area contributed by atoms with Crippen LogP contribution in [0.25, 0.3) is 11.0 Å². The van der Waals surface area contributed by atoms with Crippen LogP contribution in [-0.2, 0) is 11.3 Å². The number of amides is 1. The summed E-state index contributed by atoms with van der Waals surface area (Å²) in [4.78, 5) is 40.2. The highest BCUT2D eigenvalue weighted by molar-refractivity contribution is 6.02.